The van der Waals surface area contributed by atoms with Crippen molar-refractivity contribution in [1.29, 1.82) is 0 Å². The van der Waals surface area contributed by atoms with Gasteiger partial charge < -0.3 is 10.1 Å². The van der Waals surface area contributed by atoms with Crippen molar-refractivity contribution in [2.24, 2.45) is 0 Å². The van der Waals surface area contributed by atoms with Crippen LogP contribution in [0.2, 0.25) is 0 Å². The van der Waals surface area contributed by atoms with Gasteiger partial charge in [0.2, 0.25) is 5.91 Å². The Balaban J connectivity index is 1.38. The third-order valence-corrected chi connectivity index (χ3v) is 8.62. The maximum atomic E-state index is 13.6. The summed E-state index contributed by atoms with van der Waals surface area (Å²) in [5.41, 5.74) is 3.30. The topological polar surface area (TPSA) is 88.4 Å². The fourth-order valence-corrected chi connectivity index (χ4v) is 6.84. The van der Waals surface area contributed by atoms with Crippen LogP contribution >= 0.6 is 0 Å². The lowest BCUT2D eigenvalue weighted by molar-refractivity contribution is -0.146. The van der Waals surface area contributed by atoms with Crippen molar-refractivity contribution in [3.63, 3.8) is 0 Å². The number of hydrogen-bond acceptors (Lipinski definition) is 7. The van der Waals surface area contributed by atoms with Crippen molar-refractivity contribution in [1.82, 2.24) is 35.3 Å². The predicted octanol–water partition coefficient (Wildman–Crippen LogP) is 4.29. The van der Waals surface area contributed by atoms with Crippen LogP contribution in [0.3, 0.4) is 0 Å². The highest BCUT2D eigenvalue weighted by molar-refractivity contribution is 5.73. The molecule has 0 bridgehead atoms. The van der Waals surface area contributed by atoms with Gasteiger partial charge in [-0.05, 0) is 46.2 Å². The molecule has 1 aromatic heterocycles. The summed E-state index contributed by atoms with van der Waals surface area (Å²) in [5, 5.41) is 13.3. The summed E-state index contributed by atoms with van der Waals surface area (Å²) in [6.07, 6.45) is -3.87. The van der Waals surface area contributed by atoms with Gasteiger partial charge in [-0.15, -0.1) is 5.10 Å². The van der Waals surface area contributed by atoms with Gasteiger partial charge in [0.15, 0.2) is 0 Å². The van der Waals surface area contributed by atoms with Gasteiger partial charge in [-0.2, -0.15) is 17.9 Å². The van der Waals surface area contributed by atoms with Crippen LogP contribution in [-0.2, 0) is 17.5 Å². The Labute approximate surface area is 253 Å². The highest BCUT2D eigenvalue weighted by atomic mass is 19.4. The maximum Gasteiger partial charge on any atom is 0.453 e. The number of fused-ring (bicyclic) bond motifs is 1. The van der Waals surface area contributed by atoms with Gasteiger partial charge in [-0.3, -0.25) is 14.6 Å². The second-order valence-corrected chi connectivity index (χ2v) is 11.4. The van der Waals surface area contributed by atoms with Crippen molar-refractivity contribution < 1.29 is 22.7 Å². The molecule has 2 aliphatic heterocycles. The molecule has 2 fully saturated rings. The van der Waals surface area contributed by atoms with Crippen LogP contribution in [0, 0.1) is 0 Å². The lowest BCUT2D eigenvalue weighted by Crippen LogP contribution is -2.61. The molecule has 1 N–H and O–H groups in total. The lowest BCUT2D eigenvalue weighted by Gasteiger charge is -2.48. The normalized spacial score (nSPS) is 20.9. The molecular weight excluding hydrogens is 571 g/mol. The largest absolute Gasteiger partial charge is 0.496 e. The Bertz CT molecular complexity index is 1540. The number of aromatic nitrogens is 4. The molecule has 3 aromatic carbocycles. The van der Waals surface area contributed by atoms with E-state index in [1.165, 1.54) is 17.2 Å². The van der Waals surface area contributed by atoms with Gasteiger partial charge in [-0.25, -0.2) is 0 Å². The average Bonchev–Trinajstić information content (AvgIpc) is 3.67. The molecule has 0 unspecified atom stereocenters. The minimum atomic E-state index is -4.71. The zero-order chi connectivity index (χ0) is 30.8. The standard InChI is InChI=1S/C32H34F3N7O2/c1-21(43)36-26-15-16-41-27(26)19-40(20-28(41)30(22-9-5-3-6-10-22)23-11-7-4-8-12-23)18-24-17-25(13-14-29(24)44-2)42-31(32(33,34)35)37-38-39-42/h3-14,17,26-28,30H,15-16,18-20H2,1-2H3,(H,36,43)/t26-,27+,28-/m0/s1. The molecular formula is C32H34F3N7O2. The molecule has 4 aromatic rings. The van der Waals surface area contributed by atoms with E-state index in [9.17, 15) is 18.0 Å². The average molecular weight is 606 g/mol. The summed E-state index contributed by atoms with van der Waals surface area (Å²) >= 11 is 0. The molecule has 0 aliphatic carbocycles. The van der Waals surface area contributed by atoms with Crippen LogP contribution in [0.4, 0.5) is 13.2 Å². The number of tetrazole rings is 1. The zero-order valence-corrected chi connectivity index (χ0v) is 24.5. The molecule has 1 amide bonds. The van der Waals surface area contributed by atoms with Gasteiger partial charge in [0.25, 0.3) is 5.82 Å². The molecule has 230 valence electrons. The molecule has 6 rings (SSSR count). The van der Waals surface area contributed by atoms with Crippen molar-refractivity contribution in [3.05, 3.63) is 101 Å². The summed E-state index contributed by atoms with van der Waals surface area (Å²) in [7, 11) is 1.54. The fourth-order valence-electron chi connectivity index (χ4n) is 6.84. The van der Waals surface area contributed by atoms with Crippen LogP contribution in [0.5, 0.6) is 5.75 Å². The number of piperazine rings is 1. The Morgan fingerprint density at radius 3 is 2.32 bits per heavy atom. The molecule has 12 heteroatoms. The van der Waals surface area contributed by atoms with Crippen molar-refractivity contribution in [2.45, 2.75) is 50.1 Å². The quantitative estimate of drug-likeness (QED) is 0.321. The Morgan fingerprint density at radius 1 is 1.02 bits per heavy atom. The number of amides is 1. The Kier molecular flexibility index (Phi) is 8.37. The van der Waals surface area contributed by atoms with Gasteiger partial charge in [-0.1, -0.05) is 60.7 Å². The van der Waals surface area contributed by atoms with Gasteiger partial charge >= 0.3 is 6.18 Å². The first kappa shape index (κ1) is 29.8. The van der Waals surface area contributed by atoms with E-state index >= 15 is 0 Å². The monoisotopic (exact) mass is 605 g/mol. The Hall–Kier alpha value is -4.29. The number of carbonyl (C=O) groups excluding carboxylic acids is 1. The zero-order valence-electron chi connectivity index (χ0n) is 24.5. The number of nitrogens with zero attached hydrogens (tertiary/aromatic N) is 6. The van der Waals surface area contributed by atoms with Crippen molar-refractivity contribution in [3.8, 4) is 11.4 Å². The van der Waals surface area contributed by atoms with E-state index in [1.807, 2.05) is 12.1 Å². The Morgan fingerprint density at radius 2 is 1.70 bits per heavy atom. The number of hydrogen-bond donors (Lipinski definition) is 1. The van der Waals surface area contributed by atoms with Crippen LogP contribution in [0.15, 0.2) is 78.9 Å². The summed E-state index contributed by atoms with van der Waals surface area (Å²) in [4.78, 5) is 17.0. The second-order valence-electron chi connectivity index (χ2n) is 11.4. The number of carbonyl (C=O) groups is 1. The third-order valence-electron chi connectivity index (χ3n) is 8.62. The maximum absolute atomic E-state index is 13.6. The van der Waals surface area contributed by atoms with E-state index in [0.29, 0.717) is 35.6 Å². The summed E-state index contributed by atoms with van der Waals surface area (Å²) < 4.78 is 47.2. The molecule has 3 atom stereocenters. The van der Waals surface area contributed by atoms with Crippen LogP contribution in [-0.4, -0.2) is 80.8 Å². The summed E-state index contributed by atoms with van der Waals surface area (Å²) in [6, 6.07) is 25.8. The number of ether oxygens (including phenoxy) is 1. The van der Waals surface area contributed by atoms with E-state index in [-0.39, 0.29) is 35.6 Å². The van der Waals surface area contributed by atoms with Crippen LogP contribution in [0.1, 0.15) is 41.8 Å². The van der Waals surface area contributed by atoms with E-state index in [0.717, 1.165) is 13.0 Å². The molecule has 3 heterocycles. The van der Waals surface area contributed by atoms with E-state index in [4.69, 9.17) is 4.74 Å². The third kappa shape index (κ3) is 6.04. The lowest BCUT2D eigenvalue weighted by atomic mass is 9.82. The minimum Gasteiger partial charge on any atom is -0.496 e. The highest BCUT2D eigenvalue weighted by Crippen LogP contribution is 2.39. The van der Waals surface area contributed by atoms with E-state index in [2.05, 4.69) is 79.2 Å². The van der Waals surface area contributed by atoms with E-state index < -0.39 is 12.0 Å². The molecule has 9 nitrogen and oxygen atoms in total. The number of methoxy groups -OCH3 is 1. The van der Waals surface area contributed by atoms with Crippen molar-refractivity contribution >= 4 is 5.91 Å². The second kappa shape index (κ2) is 12.4. The van der Waals surface area contributed by atoms with Gasteiger partial charge in [0.05, 0.1) is 12.8 Å². The highest BCUT2D eigenvalue weighted by Gasteiger charge is 2.46. The van der Waals surface area contributed by atoms with E-state index in [1.54, 1.807) is 26.2 Å². The van der Waals surface area contributed by atoms with Crippen molar-refractivity contribution in [2.75, 3.05) is 26.7 Å². The summed E-state index contributed by atoms with van der Waals surface area (Å²) in [6.45, 7) is 4.18. The number of halogens is 3. The minimum absolute atomic E-state index is 0.0196. The molecule has 0 saturated carbocycles. The first-order valence-electron chi connectivity index (χ1n) is 14.6. The molecule has 0 spiro atoms. The smallest absolute Gasteiger partial charge is 0.453 e. The predicted molar refractivity (Wildman–Crippen MR) is 157 cm³/mol. The number of benzene rings is 3. The number of rotatable bonds is 8. The molecule has 0 radical (unpaired) electrons. The van der Waals surface area contributed by atoms with Gasteiger partial charge in [0, 0.05) is 62.7 Å². The SMILES string of the molecule is COc1ccc(-n2nnnc2C(F)(F)F)cc1CN1C[C@@H]2[C@@H](NC(C)=O)CCN2[C@H](C(c2ccccc2)c2ccccc2)C1. The number of alkyl halides is 3. The fraction of sp³-hybridized carbons (Fsp3) is 0.375. The molecule has 2 saturated heterocycles. The van der Waals surface area contributed by atoms with Crippen LogP contribution in [0.25, 0.3) is 5.69 Å². The first-order chi connectivity index (χ1) is 21.2. The molecule has 44 heavy (non-hydrogen) atoms. The summed E-state index contributed by atoms with van der Waals surface area (Å²) in [5.74, 6) is -0.645. The number of nitrogens with one attached hydrogen (secondary N) is 1. The van der Waals surface area contributed by atoms with Crippen LogP contribution < -0.4 is 10.1 Å². The van der Waals surface area contributed by atoms with Gasteiger partial charge in [0.1, 0.15) is 5.75 Å². The molecule has 2 aliphatic rings. The first-order valence-corrected chi connectivity index (χ1v) is 14.6.